The Kier molecular flexibility index (Phi) is 5.63. The van der Waals surface area contributed by atoms with Crippen molar-refractivity contribution in [3.05, 3.63) is 64.1 Å². The van der Waals surface area contributed by atoms with Crippen molar-refractivity contribution in [2.45, 2.75) is 13.8 Å². The van der Waals surface area contributed by atoms with Crippen LogP contribution in [0.3, 0.4) is 0 Å². The van der Waals surface area contributed by atoms with Gasteiger partial charge in [-0.3, -0.25) is 14.9 Å². The molecule has 2 aromatic rings. The number of nitrogens with one attached hydrogen (secondary N) is 1. The molecule has 1 saturated heterocycles. The van der Waals surface area contributed by atoms with Crippen LogP contribution in [0.5, 0.6) is 11.5 Å². The van der Waals surface area contributed by atoms with E-state index in [1.165, 1.54) is 5.56 Å². The van der Waals surface area contributed by atoms with Crippen molar-refractivity contribution in [1.82, 2.24) is 5.32 Å². The smallest absolute Gasteiger partial charge is 0.290 e. The Balaban J connectivity index is 1.49. The van der Waals surface area contributed by atoms with Crippen LogP contribution in [-0.2, 0) is 4.79 Å². The van der Waals surface area contributed by atoms with Gasteiger partial charge in [0, 0.05) is 0 Å². The number of carbonyl (C=O) groups excluding carboxylic acids is 2. The van der Waals surface area contributed by atoms with Crippen molar-refractivity contribution in [1.29, 1.82) is 0 Å². The third-order valence-electron chi connectivity index (χ3n) is 3.76. The lowest BCUT2D eigenvalue weighted by Gasteiger charge is -2.11. The molecule has 134 valence electrons. The average molecular weight is 369 g/mol. The van der Waals surface area contributed by atoms with Gasteiger partial charge in [0.25, 0.3) is 11.1 Å². The Morgan fingerprint density at radius 2 is 1.73 bits per heavy atom. The van der Waals surface area contributed by atoms with Crippen molar-refractivity contribution in [2.75, 3.05) is 13.2 Å². The second kappa shape index (κ2) is 8.10. The summed E-state index contributed by atoms with van der Waals surface area (Å²) in [6.45, 7) is 4.96. The summed E-state index contributed by atoms with van der Waals surface area (Å²) in [5.41, 5.74) is 3.14. The highest BCUT2D eigenvalue weighted by molar-refractivity contribution is 8.18. The van der Waals surface area contributed by atoms with Gasteiger partial charge < -0.3 is 9.47 Å². The standard InChI is InChI=1S/C20H19NO4S/c1-13-3-8-17(14(2)11-13)25-10-9-24-16-6-4-15(5-7-16)12-18-19(22)21-20(23)26-18/h3-8,11-12H,9-10H2,1-2H3,(H,21,22,23)/b18-12-. The summed E-state index contributed by atoms with van der Waals surface area (Å²) in [5.74, 6) is 1.22. The van der Waals surface area contributed by atoms with E-state index in [9.17, 15) is 9.59 Å². The molecule has 0 saturated carbocycles. The second-order valence-corrected chi connectivity index (χ2v) is 6.90. The molecule has 0 radical (unpaired) electrons. The number of aryl methyl sites for hydroxylation is 2. The number of benzene rings is 2. The summed E-state index contributed by atoms with van der Waals surface area (Å²) in [7, 11) is 0. The molecule has 3 rings (SSSR count). The first-order valence-corrected chi connectivity index (χ1v) is 9.01. The summed E-state index contributed by atoms with van der Waals surface area (Å²) in [4.78, 5) is 23.1. The number of thioether (sulfide) groups is 1. The second-order valence-electron chi connectivity index (χ2n) is 5.89. The minimum Gasteiger partial charge on any atom is -0.490 e. The summed E-state index contributed by atoms with van der Waals surface area (Å²) >= 11 is 0.903. The van der Waals surface area contributed by atoms with E-state index in [0.29, 0.717) is 18.1 Å². The lowest BCUT2D eigenvalue weighted by Crippen LogP contribution is -2.17. The van der Waals surface area contributed by atoms with Crippen molar-refractivity contribution in [3.8, 4) is 11.5 Å². The molecule has 26 heavy (non-hydrogen) atoms. The highest BCUT2D eigenvalue weighted by Gasteiger charge is 2.24. The summed E-state index contributed by atoms with van der Waals surface area (Å²) in [6.07, 6.45) is 1.68. The lowest BCUT2D eigenvalue weighted by molar-refractivity contribution is -0.115. The van der Waals surface area contributed by atoms with Crippen LogP contribution in [-0.4, -0.2) is 24.4 Å². The highest BCUT2D eigenvalue weighted by atomic mass is 32.2. The number of hydrogen-bond acceptors (Lipinski definition) is 5. The van der Waals surface area contributed by atoms with E-state index in [4.69, 9.17) is 9.47 Å². The van der Waals surface area contributed by atoms with Gasteiger partial charge in [0.1, 0.15) is 24.7 Å². The van der Waals surface area contributed by atoms with E-state index < -0.39 is 0 Å². The van der Waals surface area contributed by atoms with Gasteiger partial charge in [-0.05, 0) is 61.0 Å². The van der Waals surface area contributed by atoms with E-state index in [0.717, 1.165) is 34.4 Å². The van der Waals surface area contributed by atoms with Crippen LogP contribution in [0.4, 0.5) is 4.79 Å². The Labute approximate surface area is 156 Å². The van der Waals surface area contributed by atoms with Crippen LogP contribution in [0.2, 0.25) is 0 Å². The molecule has 1 fully saturated rings. The molecule has 6 heteroatoms. The Bertz CT molecular complexity index is 859. The number of amides is 2. The van der Waals surface area contributed by atoms with E-state index >= 15 is 0 Å². The van der Waals surface area contributed by atoms with Gasteiger partial charge in [-0.25, -0.2) is 0 Å². The number of ether oxygens (including phenoxy) is 2. The molecule has 0 spiro atoms. The highest BCUT2D eigenvalue weighted by Crippen LogP contribution is 2.26. The first-order valence-electron chi connectivity index (χ1n) is 8.19. The van der Waals surface area contributed by atoms with Crippen LogP contribution in [0.25, 0.3) is 6.08 Å². The van der Waals surface area contributed by atoms with Gasteiger partial charge in [-0.2, -0.15) is 0 Å². The molecule has 2 amide bonds. The van der Waals surface area contributed by atoms with Crippen LogP contribution in [0.1, 0.15) is 16.7 Å². The third-order valence-corrected chi connectivity index (χ3v) is 4.57. The molecule has 0 atom stereocenters. The molecular weight excluding hydrogens is 350 g/mol. The molecule has 1 heterocycles. The lowest BCUT2D eigenvalue weighted by atomic mass is 10.1. The fraction of sp³-hybridized carbons (Fsp3) is 0.200. The van der Waals surface area contributed by atoms with Gasteiger partial charge in [0.2, 0.25) is 0 Å². The van der Waals surface area contributed by atoms with Crippen LogP contribution >= 0.6 is 11.8 Å². The van der Waals surface area contributed by atoms with Gasteiger partial charge in [0.05, 0.1) is 4.91 Å². The van der Waals surface area contributed by atoms with Gasteiger partial charge in [0.15, 0.2) is 0 Å². The van der Waals surface area contributed by atoms with Crippen molar-refractivity contribution < 1.29 is 19.1 Å². The minimum absolute atomic E-state index is 0.343. The number of carbonyl (C=O) groups is 2. The SMILES string of the molecule is Cc1ccc(OCCOc2ccc(/C=C3\SC(=O)NC3=O)cc2)c(C)c1. The van der Waals surface area contributed by atoms with Crippen molar-refractivity contribution in [3.63, 3.8) is 0 Å². The van der Waals surface area contributed by atoms with E-state index in [2.05, 4.69) is 18.3 Å². The monoisotopic (exact) mass is 369 g/mol. The number of hydrogen-bond donors (Lipinski definition) is 1. The molecule has 1 aliphatic heterocycles. The zero-order valence-electron chi connectivity index (χ0n) is 14.6. The summed E-state index contributed by atoms with van der Waals surface area (Å²) in [5, 5.41) is 1.89. The maximum Gasteiger partial charge on any atom is 0.290 e. The molecule has 0 aliphatic carbocycles. The minimum atomic E-state index is -0.358. The van der Waals surface area contributed by atoms with E-state index in [1.807, 2.05) is 43.3 Å². The quantitative estimate of drug-likeness (QED) is 0.614. The largest absolute Gasteiger partial charge is 0.490 e. The van der Waals surface area contributed by atoms with Gasteiger partial charge in [-0.15, -0.1) is 0 Å². The Morgan fingerprint density at radius 1 is 1.00 bits per heavy atom. The average Bonchev–Trinajstić information content (AvgIpc) is 2.92. The van der Waals surface area contributed by atoms with Crippen LogP contribution in [0.15, 0.2) is 47.4 Å². The fourth-order valence-electron chi connectivity index (χ4n) is 2.51. The molecule has 0 aromatic heterocycles. The summed E-state index contributed by atoms with van der Waals surface area (Å²) < 4.78 is 11.4. The fourth-order valence-corrected chi connectivity index (χ4v) is 3.19. The first kappa shape index (κ1) is 18.1. The first-order chi connectivity index (χ1) is 12.5. The zero-order chi connectivity index (χ0) is 18.5. The topological polar surface area (TPSA) is 64.6 Å². The predicted molar refractivity (Wildman–Crippen MR) is 102 cm³/mol. The van der Waals surface area contributed by atoms with Gasteiger partial charge in [-0.1, -0.05) is 29.8 Å². The molecule has 0 bridgehead atoms. The molecule has 5 nitrogen and oxygen atoms in total. The van der Waals surface area contributed by atoms with Crippen molar-refractivity contribution in [2.24, 2.45) is 0 Å². The zero-order valence-corrected chi connectivity index (χ0v) is 15.4. The van der Waals surface area contributed by atoms with Gasteiger partial charge >= 0.3 is 0 Å². The molecule has 0 unspecified atom stereocenters. The van der Waals surface area contributed by atoms with Crippen molar-refractivity contribution >= 4 is 29.0 Å². The third kappa shape index (κ3) is 4.67. The normalized spacial score (nSPS) is 15.2. The number of imide groups is 1. The maximum atomic E-state index is 11.5. The van der Waals surface area contributed by atoms with Crippen LogP contribution < -0.4 is 14.8 Å². The molecule has 1 N–H and O–H groups in total. The predicted octanol–water partition coefficient (Wildman–Crippen LogP) is 4.09. The Morgan fingerprint density at radius 3 is 2.38 bits per heavy atom. The molecule has 1 aliphatic rings. The van der Waals surface area contributed by atoms with E-state index in [-0.39, 0.29) is 11.1 Å². The van der Waals surface area contributed by atoms with Crippen LogP contribution in [0, 0.1) is 13.8 Å². The van der Waals surface area contributed by atoms with E-state index in [1.54, 1.807) is 6.08 Å². The molecular formula is C20H19NO4S. The maximum absolute atomic E-state index is 11.5. The Hall–Kier alpha value is -2.73. The molecule has 2 aromatic carbocycles. The number of rotatable bonds is 6. The summed E-state index contributed by atoms with van der Waals surface area (Å²) in [6, 6.07) is 13.4.